The average Bonchev–Trinajstić information content (AvgIpc) is 2.90. The minimum atomic E-state index is -0.213. The van der Waals surface area contributed by atoms with Crippen LogP contribution in [-0.2, 0) is 11.2 Å². The van der Waals surface area contributed by atoms with Crippen molar-refractivity contribution in [2.45, 2.75) is 12.5 Å². The molecule has 3 nitrogen and oxygen atoms in total. The van der Waals surface area contributed by atoms with Gasteiger partial charge in [0.15, 0.2) is 5.84 Å². The van der Waals surface area contributed by atoms with Crippen LogP contribution in [0.4, 0.5) is 0 Å². The number of rotatable bonds is 6. The molecule has 0 N–H and O–H groups in total. The lowest BCUT2D eigenvalue weighted by atomic mass is 10.1. The normalized spacial score (nSPS) is 15.4. The molecule has 2 rings (SSSR count). The van der Waals surface area contributed by atoms with E-state index in [9.17, 15) is 0 Å². The molecule has 1 aliphatic heterocycles. The third-order valence-electron chi connectivity index (χ3n) is 2.68. The molecule has 19 heavy (non-hydrogen) atoms. The van der Waals surface area contributed by atoms with Gasteiger partial charge >= 0.3 is 0 Å². The van der Waals surface area contributed by atoms with E-state index in [1.54, 1.807) is 18.4 Å². The molecule has 1 heterocycles. The van der Waals surface area contributed by atoms with Crippen LogP contribution in [0.25, 0.3) is 0 Å². The third kappa shape index (κ3) is 3.90. The van der Waals surface area contributed by atoms with Gasteiger partial charge in [-0.1, -0.05) is 35.3 Å². The maximum absolute atomic E-state index is 6.18. The summed E-state index contributed by atoms with van der Waals surface area (Å²) >= 11 is 12.1. The summed E-state index contributed by atoms with van der Waals surface area (Å²) in [6.07, 6.45) is 3.87. The Morgan fingerprint density at radius 2 is 2.26 bits per heavy atom. The second-order valence-corrected chi connectivity index (χ2v) is 4.90. The lowest BCUT2D eigenvalue weighted by Crippen LogP contribution is -2.25. The van der Waals surface area contributed by atoms with Gasteiger partial charge < -0.3 is 4.74 Å². The SMILES string of the molecule is C=CCOC(Cc1ccc(Cl)cc1Cl)C1=NCC=N1. The number of nitrogens with zero attached hydrogens (tertiary/aromatic N) is 2. The first-order valence-corrected chi connectivity index (χ1v) is 6.69. The topological polar surface area (TPSA) is 34.0 Å². The van der Waals surface area contributed by atoms with Crippen LogP contribution >= 0.6 is 23.2 Å². The van der Waals surface area contributed by atoms with Crippen molar-refractivity contribution in [2.24, 2.45) is 9.98 Å². The Morgan fingerprint density at radius 1 is 1.42 bits per heavy atom. The van der Waals surface area contributed by atoms with Gasteiger partial charge in [0.05, 0.1) is 13.2 Å². The molecule has 1 atom stereocenters. The van der Waals surface area contributed by atoms with Gasteiger partial charge in [0.2, 0.25) is 0 Å². The Balaban J connectivity index is 2.14. The quantitative estimate of drug-likeness (QED) is 0.739. The molecular formula is C14H14Cl2N2O. The molecule has 0 amide bonds. The second kappa shape index (κ2) is 6.85. The molecule has 0 fully saturated rings. The number of aliphatic imine (C=N–C) groups is 2. The molecule has 100 valence electrons. The van der Waals surface area contributed by atoms with Crippen LogP contribution in [0.2, 0.25) is 10.0 Å². The van der Waals surface area contributed by atoms with E-state index in [0.717, 1.165) is 5.56 Å². The number of hydrogen-bond donors (Lipinski definition) is 0. The van der Waals surface area contributed by atoms with E-state index >= 15 is 0 Å². The molecule has 0 saturated heterocycles. The van der Waals surface area contributed by atoms with Crippen LogP contribution < -0.4 is 0 Å². The van der Waals surface area contributed by atoms with Crippen LogP contribution in [-0.4, -0.2) is 31.3 Å². The lowest BCUT2D eigenvalue weighted by Gasteiger charge is -2.16. The van der Waals surface area contributed by atoms with Crippen molar-refractivity contribution in [3.8, 4) is 0 Å². The zero-order valence-corrected chi connectivity index (χ0v) is 11.9. The summed E-state index contributed by atoms with van der Waals surface area (Å²) < 4.78 is 5.71. The monoisotopic (exact) mass is 296 g/mol. The summed E-state index contributed by atoms with van der Waals surface area (Å²) in [6, 6.07) is 5.43. The highest BCUT2D eigenvalue weighted by molar-refractivity contribution is 6.35. The fraction of sp³-hybridized carbons (Fsp3) is 0.286. The minimum absolute atomic E-state index is 0.213. The molecule has 1 aliphatic rings. The third-order valence-corrected chi connectivity index (χ3v) is 3.27. The van der Waals surface area contributed by atoms with E-state index in [-0.39, 0.29) is 6.10 Å². The van der Waals surface area contributed by atoms with Crippen molar-refractivity contribution in [3.05, 3.63) is 46.5 Å². The molecule has 1 aromatic carbocycles. The van der Waals surface area contributed by atoms with Crippen molar-refractivity contribution in [3.63, 3.8) is 0 Å². The first-order chi connectivity index (χ1) is 9.20. The standard InChI is InChI=1S/C14H14Cl2N2O/c1-2-7-19-13(14-17-5-6-18-14)8-10-3-4-11(15)9-12(10)16/h2-5,9,13H,1,6-8H2. The smallest absolute Gasteiger partial charge is 0.152 e. The maximum Gasteiger partial charge on any atom is 0.152 e. The van der Waals surface area contributed by atoms with E-state index in [1.807, 2.05) is 12.1 Å². The summed E-state index contributed by atoms with van der Waals surface area (Å²) in [4.78, 5) is 8.53. The van der Waals surface area contributed by atoms with Crippen molar-refractivity contribution in [2.75, 3.05) is 13.2 Å². The molecule has 1 unspecified atom stereocenters. The number of amidine groups is 1. The Morgan fingerprint density at radius 3 is 2.89 bits per heavy atom. The molecule has 1 aromatic rings. The summed E-state index contributed by atoms with van der Waals surface area (Å²) in [6.45, 7) is 4.71. The van der Waals surface area contributed by atoms with E-state index in [4.69, 9.17) is 27.9 Å². The van der Waals surface area contributed by atoms with Gasteiger partial charge in [0, 0.05) is 22.7 Å². The Labute approximate surface area is 122 Å². The second-order valence-electron chi connectivity index (χ2n) is 4.06. The predicted molar refractivity (Wildman–Crippen MR) is 80.9 cm³/mol. The lowest BCUT2D eigenvalue weighted by molar-refractivity contribution is 0.122. The number of hydrogen-bond acceptors (Lipinski definition) is 3. The van der Waals surface area contributed by atoms with E-state index in [0.29, 0.717) is 35.5 Å². The van der Waals surface area contributed by atoms with Crippen molar-refractivity contribution in [1.29, 1.82) is 0 Å². The van der Waals surface area contributed by atoms with Gasteiger partial charge in [-0.2, -0.15) is 0 Å². The van der Waals surface area contributed by atoms with Gasteiger partial charge in [0.25, 0.3) is 0 Å². The fourth-order valence-corrected chi connectivity index (χ4v) is 2.28. The van der Waals surface area contributed by atoms with Crippen molar-refractivity contribution < 1.29 is 4.74 Å². The van der Waals surface area contributed by atoms with Crippen LogP contribution in [0, 0.1) is 0 Å². The molecule has 0 spiro atoms. The highest BCUT2D eigenvalue weighted by Crippen LogP contribution is 2.23. The molecule has 0 bridgehead atoms. The van der Waals surface area contributed by atoms with Crippen LogP contribution in [0.3, 0.4) is 0 Å². The first-order valence-electron chi connectivity index (χ1n) is 5.94. The van der Waals surface area contributed by atoms with Crippen LogP contribution in [0.1, 0.15) is 5.56 Å². The molecule has 0 aliphatic carbocycles. The molecular weight excluding hydrogens is 283 g/mol. The summed E-state index contributed by atoms with van der Waals surface area (Å²) in [5.74, 6) is 0.702. The van der Waals surface area contributed by atoms with Crippen LogP contribution in [0.15, 0.2) is 40.8 Å². The Bertz CT molecular complexity index is 526. The largest absolute Gasteiger partial charge is 0.366 e. The van der Waals surface area contributed by atoms with Crippen molar-refractivity contribution >= 4 is 35.3 Å². The molecule has 5 heteroatoms. The van der Waals surface area contributed by atoms with Gasteiger partial charge in [-0.15, -0.1) is 6.58 Å². The van der Waals surface area contributed by atoms with E-state index in [1.165, 1.54) is 0 Å². The van der Waals surface area contributed by atoms with Gasteiger partial charge in [-0.25, -0.2) is 4.99 Å². The van der Waals surface area contributed by atoms with Crippen LogP contribution in [0.5, 0.6) is 0 Å². The maximum atomic E-state index is 6.18. The van der Waals surface area contributed by atoms with Gasteiger partial charge in [-0.3, -0.25) is 4.99 Å². The van der Waals surface area contributed by atoms with Crippen molar-refractivity contribution in [1.82, 2.24) is 0 Å². The highest BCUT2D eigenvalue weighted by atomic mass is 35.5. The summed E-state index contributed by atoms with van der Waals surface area (Å²) in [5, 5.41) is 1.25. The zero-order chi connectivity index (χ0) is 13.7. The first kappa shape index (κ1) is 14.3. The predicted octanol–water partition coefficient (Wildman–Crippen LogP) is 3.59. The summed E-state index contributed by atoms with van der Waals surface area (Å²) in [5.41, 5.74) is 0.963. The Kier molecular flexibility index (Phi) is 5.14. The van der Waals surface area contributed by atoms with E-state index < -0.39 is 0 Å². The number of benzene rings is 1. The summed E-state index contributed by atoms with van der Waals surface area (Å²) in [7, 11) is 0. The molecule has 0 saturated carbocycles. The molecule has 0 radical (unpaired) electrons. The zero-order valence-electron chi connectivity index (χ0n) is 10.4. The average molecular weight is 297 g/mol. The number of halogens is 2. The van der Waals surface area contributed by atoms with Gasteiger partial charge in [0.1, 0.15) is 6.10 Å². The van der Waals surface area contributed by atoms with Gasteiger partial charge in [-0.05, 0) is 17.7 Å². The molecule has 0 aromatic heterocycles. The van der Waals surface area contributed by atoms with E-state index in [2.05, 4.69) is 16.6 Å². The Hall–Kier alpha value is -1.16. The minimum Gasteiger partial charge on any atom is -0.366 e. The fourth-order valence-electron chi connectivity index (χ4n) is 1.79. The number of ether oxygens (including phenoxy) is 1. The highest BCUT2D eigenvalue weighted by Gasteiger charge is 2.19.